The van der Waals surface area contributed by atoms with Crippen molar-refractivity contribution in [3.05, 3.63) is 139 Å². The molecule has 0 atom stereocenters. The van der Waals surface area contributed by atoms with Gasteiger partial charge in [-0.25, -0.2) is 0 Å². The Labute approximate surface area is 283 Å². The third-order valence-corrected chi connectivity index (χ3v) is 9.97. The predicted octanol–water partition coefficient (Wildman–Crippen LogP) is 9.19. The molecule has 0 unspecified atom stereocenters. The van der Waals surface area contributed by atoms with E-state index in [0.717, 1.165) is 66.9 Å². The van der Waals surface area contributed by atoms with E-state index >= 15 is 0 Å². The molecule has 8 aromatic rings. The van der Waals surface area contributed by atoms with Crippen LogP contribution in [0, 0.1) is 19.1 Å². The first-order valence-corrected chi connectivity index (χ1v) is 18.5. The minimum Gasteiger partial charge on any atom is -0.501 e. The molecule has 4 aromatic heterocycles. The van der Waals surface area contributed by atoms with Crippen molar-refractivity contribution in [3.63, 3.8) is 0 Å². The summed E-state index contributed by atoms with van der Waals surface area (Å²) in [5.74, 6) is 0.808. The first-order valence-electron chi connectivity index (χ1n) is 15.0. The minimum absolute atomic E-state index is 0. The molecule has 1 radical (unpaired) electrons. The molecule has 0 aliphatic heterocycles. The molecule has 46 heavy (non-hydrogen) atoms. The number of aryl methyl sites for hydroxylation is 1. The van der Waals surface area contributed by atoms with Crippen LogP contribution >= 0.6 is 0 Å². The Morgan fingerprint density at radius 3 is 2.33 bits per heavy atom. The fourth-order valence-corrected chi connectivity index (χ4v) is 6.78. The maximum Gasteiger partial charge on any atom is 0.120 e. The average molecular weight is 793 g/mol. The summed E-state index contributed by atoms with van der Waals surface area (Å²) in [7, 11) is -1.45. The molecule has 0 saturated heterocycles. The summed E-state index contributed by atoms with van der Waals surface area (Å²) < 4.78 is 8.71. The molecular weight excluding hydrogens is 761 g/mol. The average Bonchev–Trinajstić information content (AvgIpc) is 3.65. The van der Waals surface area contributed by atoms with Crippen LogP contribution in [0.3, 0.4) is 0 Å². The van der Waals surface area contributed by atoms with E-state index in [-0.39, 0.29) is 20.1 Å². The van der Waals surface area contributed by atoms with Gasteiger partial charge in [-0.15, -0.1) is 54.1 Å². The van der Waals surface area contributed by atoms with Gasteiger partial charge in [0.25, 0.3) is 0 Å². The second-order valence-corrected chi connectivity index (χ2v) is 17.2. The van der Waals surface area contributed by atoms with Crippen LogP contribution in [0.5, 0.6) is 0 Å². The van der Waals surface area contributed by atoms with Gasteiger partial charge in [0.1, 0.15) is 5.58 Å². The van der Waals surface area contributed by atoms with E-state index in [2.05, 4.69) is 89.6 Å². The molecule has 4 heterocycles. The van der Waals surface area contributed by atoms with Gasteiger partial charge in [-0.1, -0.05) is 78.2 Å². The van der Waals surface area contributed by atoms with Gasteiger partial charge in [0.05, 0.1) is 36.7 Å². The molecule has 0 aliphatic rings. The van der Waals surface area contributed by atoms with Gasteiger partial charge in [-0.3, -0.25) is 9.97 Å². The van der Waals surface area contributed by atoms with Crippen molar-refractivity contribution < 1.29 is 24.5 Å². The molecule has 5 nitrogen and oxygen atoms in total. The molecular formula is C39H32IrN4OSi-2. The van der Waals surface area contributed by atoms with Crippen LogP contribution in [0.4, 0.5) is 0 Å². The number of hydrogen-bond donors (Lipinski definition) is 0. The first kappa shape index (κ1) is 31.3. The van der Waals surface area contributed by atoms with Gasteiger partial charge in [-0.05, 0) is 42.4 Å². The molecule has 0 aliphatic carbocycles. The fourth-order valence-electron chi connectivity index (χ4n) is 5.63. The minimum atomic E-state index is -1.45. The third-order valence-electron chi connectivity index (χ3n) is 7.93. The summed E-state index contributed by atoms with van der Waals surface area (Å²) in [5.41, 5.74) is 8.64. The SMILES string of the molecule is Cc1cncc2nc(-c3[c-]ccc4c3oc3cc([Si](C)(C)C)ccc34)n(-c3ccccc3)c12.[Ir].[c-]1ccccc1-c1ccccn1. The van der Waals surface area contributed by atoms with Crippen LogP contribution in [0.1, 0.15) is 5.56 Å². The number of para-hydroxylation sites is 1. The van der Waals surface area contributed by atoms with Gasteiger partial charge in [0.15, 0.2) is 0 Å². The van der Waals surface area contributed by atoms with Gasteiger partial charge < -0.3 is 14.0 Å². The molecule has 7 heteroatoms. The van der Waals surface area contributed by atoms with Crippen molar-refractivity contribution in [2.45, 2.75) is 26.6 Å². The number of benzene rings is 4. The number of fused-ring (bicyclic) bond motifs is 4. The van der Waals surface area contributed by atoms with E-state index in [0.29, 0.717) is 0 Å². The van der Waals surface area contributed by atoms with Crippen molar-refractivity contribution in [1.82, 2.24) is 19.5 Å². The Bertz CT molecular complexity index is 2220. The van der Waals surface area contributed by atoms with Crippen molar-refractivity contribution in [2.24, 2.45) is 0 Å². The number of imidazole rings is 1. The monoisotopic (exact) mass is 793 g/mol. The standard InChI is InChI=1S/C28H24N3OSi.C11H8N.Ir/c1-18-16-29-17-24-26(18)31(19-9-6-5-7-10-19)28(30-24)23-12-8-11-22-21-14-13-20(33(2,3)4)15-25(21)32-27(22)23;1-2-6-10(7-3-1)11-8-4-5-9-12-11;/h5-11,13-17H,1-4H3;1-6,8-9H;/q2*-1;. The summed E-state index contributed by atoms with van der Waals surface area (Å²) in [5, 5.41) is 3.60. The number of aromatic nitrogens is 4. The Morgan fingerprint density at radius 2 is 1.59 bits per heavy atom. The van der Waals surface area contributed by atoms with Gasteiger partial charge in [0.2, 0.25) is 0 Å². The predicted molar refractivity (Wildman–Crippen MR) is 187 cm³/mol. The summed E-state index contributed by atoms with van der Waals surface area (Å²) in [4.78, 5) is 13.6. The van der Waals surface area contributed by atoms with Crippen LogP contribution < -0.4 is 5.19 Å². The molecule has 0 N–H and O–H groups in total. The fraction of sp³-hybridized carbons (Fsp3) is 0.103. The molecule has 0 saturated carbocycles. The maximum absolute atomic E-state index is 6.51. The number of nitrogens with zero attached hydrogens (tertiary/aromatic N) is 4. The molecule has 229 valence electrons. The number of hydrogen-bond acceptors (Lipinski definition) is 4. The molecule has 0 amide bonds. The van der Waals surface area contributed by atoms with E-state index in [1.165, 1.54) is 5.19 Å². The van der Waals surface area contributed by atoms with Crippen molar-refractivity contribution in [1.29, 1.82) is 0 Å². The number of furan rings is 1. The quantitative estimate of drug-likeness (QED) is 0.132. The largest absolute Gasteiger partial charge is 0.501 e. The molecule has 0 fully saturated rings. The second-order valence-electron chi connectivity index (χ2n) is 12.1. The summed E-state index contributed by atoms with van der Waals surface area (Å²) in [6, 6.07) is 41.3. The van der Waals surface area contributed by atoms with E-state index in [1.54, 1.807) is 6.20 Å². The van der Waals surface area contributed by atoms with Crippen LogP contribution in [0.25, 0.3) is 61.3 Å². The van der Waals surface area contributed by atoms with Crippen LogP contribution in [-0.2, 0) is 20.1 Å². The van der Waals surface area contributed by atoms with E-state index in [4.69, 9.17) is 9.40 Å². The zero-order valence-corrected chi connectivity index (χ0v) is 29.5. The van der Waals surface area contributed by atoms with E-state index in [9.17, 15) is 0 Å². The number of rotatable bonds is 4. The van der Waals surface area contributed by atoms with E-state index < -0.39 is 8.07 Å². The Hall–Kier alpha value is -4.68. The van der Waals surface area contributed by atoms with Crippen LogP contribution in [0.15, 0.2) is 126 Å². The number of pyridine rings is 2. The van der Waals surface area contributed by atoms with Crippen molar-refractivity contribution in [2.75, 3.05) is 0 Å². The van der Waals surface area contributed by atoms with Gasteiger partial charge >= 0.3 is 0 Å². The molecule has 0 bridgehead atoms. The molecule has 4 aromatic carbocycles. The molecule has 8 rings (SSSR count). The van der Waals surface area contributed by atoms with Crippen LogP contribution in [0.2, 0.25) is 19.6 Å². The second kappa shape index (κ2) is 13.0. The molecule has 0 spiro atoms. The van der Waals surface area contributed by atoms with Crippen molar-refractivity contribution in [3.8, 4) is 28.3 Å². The Morgan fingerprint density at radius 1 is 0.783 bits per heavy atom. The normalized spacial score (nSPS) is 11.3. The third kappa shape index (κ3) is 5.97. The zero-order valence-electron chi connectivity index (χ0n) is 26.1. The summed E-state index contributed by atoms with van der Waals surface area (Å²) in [6.45, 7) is 9.14. The first-order chi connectivity index (χ1) is 21.9. The summed E-state index contributed by atoms with van der Waals surface area (Å²) in [6.07, 6.45) is 5.50. The van der Waals surface area contributed by atoms with Gasteiger partial charge in [-0.2, -0.15) is 0 Å². The maximum atomic E-state index is 6.51. The zero-order chi connectivity index (χ0) is 31.0. The topological polar surface area (TPSA) is 56.7 Å². The summed E-state index contributed by atoms with van der Waals surface area (Å²) >= 11 is 0. The van der Waals surface area contributed by atoms with Crippen LogP contribution in [-0.4, -0.2) is 27.6 Å². The van der Waals surface area contributed by atoms with Gasteiger partial charge in [0, 0.05) is 43.6 Å². The Kier molecular flexibility index (Phi) is 8.83. The van der Waals surface area contributed by atoms with Crippen molar-refractivity contribution >= 4 is 46.2 Å². The Balaban J connectivity index is 0.000000241. The van der Waals surface area contributed by atoms with E-state index in [1.807, 2.05) is 79.1 Å². The smallest absolute Gasteiger partial charge is 0.120 e.